The van der Waals surface area contributed by atoms with Crippen LogP contribution >= 0.6 is 11.6 Å². The second kappa shape index (κ2) is 9.72. The Morgan fingerprint density at radius 1 is 1.00 bits per heavy atom. The predicted molar refractivity (Wildman–Crippen MR) is 119 cm³/mol. The summed E-state index contributed by atoms with van der Waals surface area (Å²) in [6, 6.07) is 14.4. The zero-order chi connectivity index (χ0) is 24.2. The molecule has 6 nitrogen and oxygen atoms in total. The molecule has 0 aliphatic rings. The lowest BCUT2D eigenvalue weighted by molar-refractivity contribution is -0.137. The maximum atomic E-state index is 12.8. The average molecular weight is 499 g/mol. The zero-order valence-electron chi connectivity index (χ0n) is 17.1. The van der Waals surface area contributed by atoms with Crippen LogP contribution in [0.3, 0.4) is 0 Å². The summed E-state index contributed by atoms with van der Waals surface area (Å²) in [7, 11) is -3.87. The van der Waals surface area contributed by atoms with Crippen molar-refractivity contribution >= 4 is 38.9 Å². The van der Waals surface area contributed by atoms with E-state index in [9.17, 15) is 26.4 Å². The van der Waals surface area contributed by atoms with Crippen LogP contribution in [0.15, 0.2) is 71.6 Å². The Bertz CT molecular complexity index is 1260. The monoisotopic (exact) mass is 498 g/mol. The number of sulfonamides is 1. The molecule has 0 atom stereocenters. The summed E-state index contributed by atoms with van der Waals surface area (Å²) in [4.78, 5) is 12.1. The summed E-state index contributed by atoms with van der Waals surface area (Å²) in [6.07, 6.45) is -4.53. The molecular formula is C22H18ClF3N2O4S. The quantitative estimate of drug-likeness (QED) is 0.451. The van der Waals surface area contributed by atoms with E-state index in [0.29, 0.717) is 16.3 Å². The second-order valence-electron chi connectivity index (χ2n) is 6.96. The van der Waals surface area contributed by atoms with Crippen molar-refractivity contribution in [3.8, 4) is 5.75 Å². The van der Waals surface area contributed by atoms with Crippen molar-refractivity contribution in [3.05, 3.63) is 82.9 Å². The largest absolute Gasteiger partial charge is 0.483 e. The average Bonchev–Trinajstić information content (AvgIpc) is 2.74. The molecule has 2 N–H and O–H groups in total. The molecule has 0 bridgehead atoms. The SMILES string of the molecule is Cc1cc(S(=O)(=O)Nc2ccc(Cl)cc2)ccc1OCC(=O)Nc1cccc(C(F)(F)F)c1. The van der Waals surface area contributed by atoms with Crippen molar-refractivity contribution < 1.29 is 31.1 Å². The van der Waals surface area contributed by atoms with Crippen molar-refractivity contribution in [3.63, 3.8) is 0 Å². The molecule has 11 heteroatoms. The zero-order valence-corrected chi connectivity index (χ0v) is 18.7. The van der Waals surface area contributed by atoms with Gasteiger partial charge in [0, 0.05) is 16.4 Å². The summed E-state index contributed by atoms with van der Waals surface area (Å²) in [5, 5.41) is 2.80. The number of aryl methyl sites for hydroxylation is 1. The molecule has 0 aliphatic carbocycles. The van der Waals surface area contributed by atoms with Gasteiger partial charge in [-0.1, -0.05) is 17.7 Å². The van der Waals surface area contributed by atoms with Gasteiger partial charge in [0.05, 0.1) is 10.5 Å². The molecule has 0 saturated carbocycles. The van der Waals surface area contributed by atoms with Gasteiger partial charge in [0.15, 0.2) is 6.61 Å². The summed E-state index contributed by atoms with van der Waals surface area (Å²) >= 11 is 5.80. The standard InChI is InChI=1S/C22H18ClF3N2O4S/c1-14-11-19(33(30,31)28-17-7-5-16(23)6-8-17)9-10-20(14)32-13-21(29)27-18-4-2-3-15(12-18)22(24,25)26/h2-12,28H,13H2,1H3,(H,27,29). The molecule has 0 aromatic heterocycles. The third-order valence-electron chi connectivity index (χ3n) is 4.39. The Labute approximate surface area is 193 Å². The fourth-order valence-electron chi connectivity index (χ4n) is 2.80. The molecule has 3 aromatic carbocycles. The van der Waals surface area contributed by atoms with Crippen LogP contribution in [0.5, 0.6) is 5.75 Å². The molecule has 0 fully saturated rings. The molecule has 0 heterocycles. The molecule has 0 radical (unpaired) electrons. The molecular weight excluding hydrogens is 481 g/mol. The van der Waals surface area contributed by atoms with Crippen molar-refractivity contribution in [2.75, 3.05) is 16.6 Å². The molecule has 33 heavy (non-hydrogen) atoms. The van der Waals surface area contributed by atoms with Crippen molar-refractivity contribution in [2.24, 2.45) is 0 Å². The van der Waals surface area contributed by atoms with Gasteiger partial charge in [-0.15, -0.1) is 0 Å². The number of benzene rings is 3. The highest BCUT2D eigenvalue weighted by molar-refractivity contribution is 7.92. The van der Waals surface area contributed by atoms with E-state index in [1.165, 1.54) is 42.5 Å². The van der Waals surface area contributed by atoms with Crippen LogP contribution in [0, 0.1) is 6.92 Å². The minimum atomic E-state index is -4.53. The predicted octanol–water partition coefficient (Wildman–Crippen LogP) is 5.49. The van der Waals surface area contributed by atoms with Crippen LogP contribution in [0.2, 0.25) is 5.02 Å². The Morgan fingerprint density at radius 3 is 2.33 bits per heavy atom. The third-order valence-corrected chi connectivity index (χ3v) is 6.02. The molecule has 174 valence electrons. The van der Waals surface area contributed by atoms with Gasteiger partial charge in [-0.2, -0.15) is 13.2 Å². The van der Waals surface area contributed by atoms with E-state index in [1.807, 2.05) is 0 Å². The van der Waals surface area contributed by atoms with Gasteiger partial charge < -0.3 is 10.1 Å². The van der Waals surface area contributed by atoms with E-state index >= 15 is 0 Å². The van der Waals surface area contributed by atoms with Gasteiger partial charge in [-0.05, 0) is 73.2 Å². The minimum Gasteiger partial charge on any atom is -0.483 e. The maximum Gasteiger partial charge on any atom is 0.416 e. The van der Waals surface area contributed by atoms with Crippen LogP contribution in [-0.2, 0) is 21.0 Å². The number of ether oxygens (including phenoxy) is 1. The van der Waals surface area contributed by atoms with Gasteiger partial charge in [0.2, 0.25) is 0 Å². The number of hydrogen-bond acceptors (Lipinski definition) is 4. The molecule has 0 aliphatic heterocycles. The summed E-state index contributed by atoms with van der Waals surface area (Å²) < 4.78 is 71.4. The maximum absolute atomic E-state index is 12.8. The van der Waals surface area contributed by atoms with E-state index in [1.54, 1.807) is 19.1 Å². The van der Waals surface area contributed by atoms with E-state index in [2.05, 4.69) is 10.0 Å². The first-order valence-electron chi connectivity index (χ1n) is 9.43. The highest BCUT2D eigenvalue weighted by atomic mass is 35.5. The Balaban J connectivity index is 1.63. The first kappa shape index (κ1) is 24.4. The molecule has 3 aromatic rings. The van der Waals surface area contributed by atoms with E-state index in [-0.39, 0.29) is 16.3 Å². The number of rotatable bonds is 7. The number of alkyl halides is 3. The Kier molecular flexibility index (Phi) is 7.19. The Hall–Kier alpha value is -3.24. The van der Waals surface area contributed by atoms with Crippen molar-refractivity contribution in [1.82, 2.24) is 0 Å². The number of anilines is 2. The van der Waals surface area contributed by atoms with Crippen LogP contribution < -0.4 is 14.8 Å². The van der Waals surface area contributed by atoms with E-state index in [4.69, 9.17) is 16.3 Å². The van der Waals surface area contributed by atoms with E-state index < -0.39 is 34.3 Å². The van der Waals surface area contributed by atoms with E-state index in [0.717, 1.165) is 12.1 Å². The third kappa shape index (κ3) is 6.62. The lowest BCUT2D eigenvalue weighted by Gasteiger charge is -2.13. The number of carbonyl (C=O) groups excluding carboxylic acids is 1. The van der Waals surface area contributed by atoms with Crippen molar-refractivity contribution in [2.45, 2.75) is 18.0 Å². The number of halogens is 4. The summed E-state index contributed by atoms with van der Waals surface area (Å²) in [5.41, 5.74) is -0.129. The van der Waals surface area contributed by atoms with Crippen LogP contribution in [0.25, 0.3) is 0 Å². The lowest BCUT2D eigenvalue weighted by atomic mass is 10.2. The highest BCUT2D eigenvalue weighted by Gasteiger charge is 2.30. The van der Waals surface area contributed by atoms with Gasteiger partial charge >= 0.3 is 6.18 Å². The number of hydrogen-bond donors (Lipinski definition) is 2. The Morgan fingerprint density at radius 2 is 1.70 bits per heavy atom. The smallest absolute Gasteiger partial charge is 0.416 e. The molecule has 0 saturated heterocycles. The normalized spacial score (nSPS) is 11.7. The van der Waals surface area contributed by atoms with Gasteiger partial charge in [-0.3, -0.25) is 9.52 Å². The van der Waals surface area contributed by atoms with Gasteiger partial charge in [0.25, 0.3) is 15.9 Å². The second-order valence-corrected chi connectivity index (χ2v) is 9.07. The van der Waals surface area contributed by atoms with Crippen LogP contribution in [0.4, 0.5) is 24.5 Å². The summed E-state index contributed by atoms with van der Waals surface area (Å²) in [6.45, 7) is 1.12. The highest BCUT2D eigenvalue weighted by Crippen LogP contribution is 2.30. The molecule has 1 amide bonds. The van der Waals surface area contributed by atoms with Gasteiger partial charge in [-0.25, -0.2) is 8.42 Å². The first-order chi connectivity index (χ1) is 15.4. The number of amides is 1. The number of nitrogens with one attached hydrogen (secondary N) is 2. The first-order valence-corrected chi connectivity index (χ1v) is 11.3. The minimum absolute atomic E-state index is 0.0179. The molecule has 0 spiro atoms. The van der Waals surface area contributed by atoms with Crippen LogP contribution in [-0.4, -0.2) is 20.9 Å². The summed E-state index contributed by atoms with van der Waals surface area (Å²) in [5.74, 6) is -0.422. The lowest BCUT2D eigenvalue weighted by Crippen LogP contribution is -2.21. The fourth-order valence-corrected chi connectivity index (χ4v) is 4.07. The number of carbonyl (C=O) groups is 1. The van der Waals surface area contributed by atoms with Crippen molar-refractivity contribution in [1.29, 1.82) is 0 Å². The fraction of sp³-hybridized carbons (Fsp3) is 0.136. The molecule has 0 unspecified atom stereocenters. The van der Waals surface area contributed by atoms with Gasteiger partial charge in [0.1, 0.15) is 5.75 Å². The topological polar surface area (TPSA) is 84.5 Å². The van der Waals surface area contributed by atoms with Crippen LogP contribution in [0.1, 0.15) is 11.1 Å². The molecule has 3 rings (SSSR count).